The normalized spacial score (nSPS) is 20.8. The molecule has 3 rings (SSSR count). The summed E-state index contributed by atoms with van der Waals surface area (Å²) in [5.41, 5.74) is -1.19. The van der Waals surface area contributed by atoms with E-state index in [9.17, 15) is 13.2 Å². The van der Waals surface area contributed by atoms with E-state index in [1.165, 1.54) is 0 Å². The second kappa shape index (κ2) is 6.18. The Morgan fingerprint density at radius 2 is 1.96 bits per heavy atom. The highest BCUT2D eigenvalue weighted by Gasteiger charge is 2.61. The summed E-state index contributed by atoms with van der Waals surface area (Å²) in [7, 11) is 0. The molecule has 1 fully saturated rings. The molecular weight excluding hydrogens is 333 g/mol. The average Bonchev–Trinajstić information content (AvgIpc) is 3.16. The quantitative estimate of drug-likeness (QED) is 0.906. The summed E-state index contributed by atoms with van der Waals surface area (Å²) in [6, 6.07) is 8.19. The van der Waals surface area contributed by atoms with Crippen LogP contribution in [0.3, 0.4) is 0 Å². The maximum absolute atomic E-state index is 13.4. The van der Waals surface area contributed by atoms with Crippen LogP contribution >= 0.6 is 12.4 Å². The first-order valence-corrected chi connectivity index (χ1v) is 6.58. The number of nitriles is 1. The van der Waals surface area contributed by atoms with Gasteiger partial charge in [0.25, 0.3) is 0 Å². The van der Waals surface area contributed by atoms with Crippen LogP contribution in [-0.4, -0.2) is 29.4 Å². The molecule has 0 amide bonds. The van der Waals surface area contributed by atoms with Crippen molar-refractivity contribution in [3.8, 4) is 17.5 Å². The SMILES string of the molecule is Cl.N#Cc1ccc(-c2noc([C@]3(C(F)(F)F)CCNC3)n2)cc1. The molecule has 1 saturated heterocycles. The van der Waals surface area contributed by atoms with Gasteiger partial charge in [-0.1, -0.05) is 5.16 Å². The molecule has 1 atom stereocenters. The van der Waals surface area contributed by atoms with Crippen molar-refractivity contribution in [2.75, 3.05) is 13.1 Å². The molecule has 1 aliphatic heterocycles. The van der Waals surface area contributed by atoms with E-state index in [1.54, 1.807) is 24.3 Å². The van der Waals surface area contributed by atoms with Gasteiger partial charge in [-0.15, -0.1) is 12.4 Å². The highest BCUT2D eigenvalue weighted by Crippen LogP contribution is 2.45. The summed E-state index contributed by atoms with van der Waals surface area (Å²) in [5, 5.41) is 15.1. The smallest absolute Gasteiger partial charge is 0.338 e. The molecule has 1 aliphatic rings. The van der Waals surface area contributed by atoms with E-state index in [4.69, 9.17) is 9.78 Å². The number of nitrogens with zero attached hydrogens (tertiary/aromatic N) is 3. The molecular formula is C14H12ClF3N4O. The largest absolute Gasteiger partial charge is 0.404 e. The summed E-state index contributed by atoms with van der Waals surface area (Å²) >= 11 is 0. The lowest BCUT2D eigenvalue weighted by Gasteiger charge is -2.26. The van der Waals surface area contributed by atoms with Crippen molar-refractivity contribution in [1.29, 1.82) is 5.26 Å². The number of hydrogen-bond acceptors (Lipinski definition) is 5. The predicted molar refractivity (Wildman–Crippen MR) is 76.9 cm³/mol. The van der Waals surface area contributed by atoms with Crippen molar-refractivity contribution in [2.45, 2.75) is 18.0 Å². The molecule has 9 heteroatoms. The van der Waals surface area contributed by atoms with Crippen LogP contribution in [0.15, 0.2) is 28.8 Å². The number of hydrogen-bond donors (Lipinski definition) is 1. The molecule has 0 unspecified atom stereocenters. The number of halogens is 4. The van der Waals surface area contributed by atoms with Gasteiger partial charge in [0.15, 0.2) is 5.41 Å². The molecule has 0 aliphatic carbocycles. The van der Waals surface area contributed by atoms with Crippen molar-refractivity contribution in [3.05, 3.63) is 35.7 Å². The minimum absolute atomic E-state index is 0. The predicted octanol–water partition coefficient (Wildman–Crippen LogP) is 2.82. The molecule has 1 aromatic heterocycles. The summed E-state index contributed by atoms with van der Waals surface area (Å²) in [4.78, 5) is 3.94. The monoisotopic (exact) mass is 344 g/mol. The molecule has 0 saturated carbocycles. The van der Waals surface area contributed by atoms with Gasteiger partial charge in [0.05, 0.1) is 11.6 Å². The minimum atomic E-state index is -4.47. The van der Waals surface area contributed by atoms with Crippen LogP contribution in [0.4, 0.5) is 13.2 Å². The Balaban J connectivity index is 0.00000192. The molecule has 1 N–H and O–H groups in total. The van der Waals surface area contributed by atoms with Gasteiger partial charge < -0.3 is 9.84 Å². The fraction of sp³-hybridized carbons (Fsp3) is 0.357. The maximum atomic E-state index is 13.4. The second-order valence-corrected chi connectivity index (χ2v) is 5.12. The van der Waals surface area contributed by atoms with Crippen molar-refractivity contribution in [1.82, 2.24) is 15.5 Å². The van der Waals surface area contributed by atoms with E-state index in [1.807, 2.05) is 6.07 Å². The van der Waals surface area contributed by atoms with Gasteiger partial charge in [-0.3, -0.25) is 0 Å². The van der Waals surface area contributed by atoms with Gasteiger partial charge in [0.1, 0.15) is 0 Å². The topological polar surface area (TPSA) is 74.7 Å². The zero-order chi connectivity index (χ0) is 15.8. The highest BCUT2D eigenvalue weighted by atomic mass is 35.5. The van der Waals surface area contributed by atoms with Gasteiger partial charge in [0, 0.05) is 12.1 Å². The molecule has 5 nitrogen and oxygen atoms in total. The van der Waals surface area contributed by atoms with E-state index in [-0.39, 0.29) is 37.7 Å². The highest BCUT2D eigenvalue weighted by molar-refractivity contribution is 5.85. The Bertz CT molecular complexity index is 715. The van der Waals surface area contributed by atoms with Crippen molar-refractivity contribution in [3.63, 3.8) is 0 Å². The first-order valence-electron chi connectivity index (χ1n) is 6.58. The van der Waals surface area contributed by atoms with E-state index in [0.29, 0.717) is 11.1 Å². The van der Waals surface area contributed by atoms with E-state index in [2.05, 4.69) is 15.5 Å². The van der Waals surface area contributed by atoms with Gasteiger partial charge in [-0.25, -0.2) is 0 Å². The molecule has 1 aromatic carbocycles. The Morgan fingerprint density at radius 1 is 1.26 bits per heavy atom. The van der Waals surface area contributed by atoms with Crippen LogP contribution < -0.4 is 5.32 Å². The van der Waals surface area contributed by atoms with E-state index < -0.39 is 17.5 Å². The van der Waals surface area contributed by atoms with Gasteiger partial charge in [-0.2, -0.15) is 23.4 Å². The van der Waals surface area contributed by atoms with Gasteiger partial charge in [0.2, 0.25) is 11.7 Å². The third-order valence-corrected chi connectivity index (χ3v) is 3.81. The minimum Gasteiger partial charge on any atom is -0.338 e. The lowest BCUT2D eigenvalue weighted by Crippen LogP contribution is -2.44. The Kier molecular flexibility index (Phi) is 4.63. The lowest BCUT2D eigenvalue weighted by atomic mass is 9.86. The van der Waals surface area contributed by atoms with E-state index in [0.717, 1.165) is 0 Å². The zero-order valence-electron chi connectivity index (χ0n) is 11.7. The summed E-state index contributed by atoms with van der Waals surface area (Å²) < 4.78 is 45.1. The summed E-state index contributed by atoms with van der Waals surface area (Å²) in [6.45, 7) is -0.0282. The molecule has 2 aromatic rings. The summed E-state index contributed by atoms with van der Waals surface area (Å²) in [5.74, 6) is -0.348. The van der Waals surface area contributed by atoms with Gasteiger partial charge in [-0.05, 0) is 37.2 Å². The van der Waals surface area contributed by atoms with Crippen molar-refractivity contribution in [2.24, 2.45) is 0 Å². The molecule has 2 heterocycles. The van der Waals surface area contributed by atoms with E-state index >= 15 is 0 Å². The Hall–Kier alpha value is -2.11. The van der Waals surface area contributed by atoms with Crippen molar-refractivity contribution >= 4 is 12.4 Å². The van der Waals surface area contributed by atoms with Crippen LogP contribution in [0, 0.1) is 11.3 Å². The van der Waals surface area contributed by atoms with Gasteiger partial charge >= 0.3 is 6.18 Å². The number of alkyl halides is 3. The summed E-state index contributed by atoms with van der Waals surface area (Å²) in [6.07, 6.45) is -4.60. The fourth-order valence-electron chi connectivity index (χ4n) is 2.47. The Labute approximate surface area is 135 Å². The first-order chi connectivity index (χ1) is 10.5. The first kappa shape index (κ1) is 17.2. The number of nitrogens with one attached hydrogen (secondary N) is 1. The van der Waals surface area contributed by atoms with Crippen LogP contribution in [0.1, 0.15) is 17.9 Å². The van der Waals surface area contributed by atoms with Crippen LogP contribution in [0.5, 0.6) is 0 Å². The van der Waals surface area contributed by atoms with Crippen LogP contribution in [-0.2, 0) is 5.41 Å². The molecule has 122 valence electrons. The zero-order valence-corrected chi connectivity index (χ0v) is 12.5. The number of rotatable bonds is 2. The fourth-order valence-corrected chi connectivity index (χ4v) is 2.47. The second-order valence-electron chi connectivity index (χ2n) is 5.12. The molecule has 0 spiro atoms. The third kappa shape index (κ3) is 2.90. The van der Waals surface area contributed by atoms with Crippen LogP contribution in [0.25, 0.3) is 11.4 Å². The molecule has 0 bridgehead atoms. The Morgan fingerprint density at radius 3 is 2.48 bits per heavy atom. The maximum Gasteiger partial charge on any atom is 0.404 e. The van der Waals surface area contributed by atoms with Crippen LogP contribution in [0.2, 0.25) is 0 Å². The molecule has 23 heavy (non-hydrogen) atoms. The lowest BCUT2D eigenvalue weighted by molar-refractivity contribution is -0.191. The number of benzene rings is 1. The average molecular weight is 345 g/mol. The molecule has 0 radical (unpaired) electrons. The standard InChI is InChI=1S/C14H11F3N4O.ClH/c15-14(16,17)13(5-6-19-8-13)12-20-11(21-22-12)10-3-1-9(7-18)2-4-10;/h1-4,19H,5-6,8H2;1H/t13-;/m0./s1. The number of aromatic nitrogens is 2. The third-order valence-electron chi connectivity index (χ3n) is 3.81. The van der Waals surface area contributed by atoms with Crippen molar-refractivity contribution < 1.29 is 17.7 Å².